The van der Waals surface area contributed by atoms with Crippen LogP contribution in [-0.4, -0.2) is 20.9 Å². The number of carbonyl (C=O) groups excluding carboxylic acids is 1. The van der Waals surface area contributed by atoms with E-state index in [1.165, 1.54) is 6.07 Å². The zero-order chi connectivity index (χ0) is 20.4. The Labute approximate surface area is 164 Å². The van der Waals surface area contributed by atoms with Crippen LogP contribution >= 0.6 is 0 Å². The van der Waals surface area contributed by atoms with Crippen molar-refractivity contribution in [3.8, 4) is 0 Å². The molecule has 0 aliphatic carbocycles. The predicted molar refractivity (Wildman–Crippen MR) is 106 cm³/mol. The summed E-state index contributed by atoms with van der Waals surface area (Å²) in [7, 11) is 0. The minimum Gasteiger partial charge on any atom is -0.338 e. The minimum absolute atomic E-state index is 0.0388. The summed E-state index contributed by atoms with van der Waals surface area (Å²) < 4.78 is 26.9. The lowest BCUT2D eigenvalue weighted by Crippen LogP contribution is -2.16. The normalized spacial score (nSPS) is 10.7. The van der Waals surface area contributed by atoms with Crippen LogP contribution in [-0.2, 0) is 0 Å². The van der Waals surface area contributed by atoms with E-state index in [2.05, 4.69) is 25.6 Å². The second-order valence-corrected chi connectivity index (χ2v) is 6.27. The highest BCUT2D eigenvalue weighted by atomic mass is 19.1. The Kier molecular flexibility index (Phi) is 4.82. The van der Waals surface area contributed by atoms with Crippen molar-refractivity contribution in [2.45, 2.75) is 6.92 Å². The average Bonchev–Trinajstić information content (AvgIpc) is 2.70. The van der Waals surface area contributed by atoms with E-state index >= 15 is 0 Å². The third-order valence-electron chi connectivity index (χ3n) is 4.15. The molecule has 0 fully saturated rings. The fourth-order valence-electron chi connectivity index (χ4n) is 2.87. The molecule has 0 aliphatic rings. The quantitative estimate of drug-likeness (QED) is 0.531. The van der Waals surface area contributed by atoms with Gasteiger partial charge in [-0.3, -0.25) is 9.78 Å². The zero-order valence-electron chi connectivity index (χ0n) is 15.3. The number of carbonyl (C=O) groups is 1. The molecule has 2 aromatic heterocycles. The van der Waals surface area contributed by atoms with E-state index in [4.69, 9.17) is 0 Å². The molecule has 0 saturated carbocycles. The standard InChI is InChI=1S/C21H15F2N5O/c1-12-25-18(21(29)28-16-8-7-14(22)10-15(16)23)11-19(26-12)27-17-6-2-4-13-5-3-9-24-20(13)17/h2-11H,1H3,(H,28,29)(H,25,26,27). The molecule has 6 nitrogen and oxygen atoms in total. The molecule has 2 aromatic carbocycles. The Morgan fingerprint density at radius 2 is 1.79 bits per heavy atom. The summed E-state index contributed by atoms with van der Waals surface area (Å²) in [4.78, 5) is 25.3. The first-order valence-electron chi connectivity index (χ1n) is 8.72. The molecule has 144 valence electrons. The van der Waals surface area contributed by atoms with Gasteiger partial charge in [0.15, 0.2) is 0 Å². The number of benzene rings is 2. The van der Waals surface area contributed by atoms with Crippen LogP contribution in [0.4, 0.5) is 26.0 Å². The second kappa shape index (κ2) is 7.59. The predicted octanol–water partition coefficient (Wildman–Crippen LogP) is 4.61. The third-order valence-corrected chi connectivity index (χ3v) is 4.15. The van der Waals surface area contributed by atoms with Gasteiger partial charge in [-0.25, -0.2) is 18.7 Å². The van der Waals surface area contributed by atoms with Crippen LogP contribution in [0.3, 0.4) is 0 Å². The smallest absolute Gasteiger partial charge is 0.274 e. The molecule has 0 radical (unpaired) electrons. The van der Waals surface area contributed by atoms with Crippen LogP contribution in [0.25, 0.3) is 10.9 Å². The number of halogens is 2. The largest absolute Gasteiger partial charge is 0.338 e. The number of aromatic nitrogens is 3. The van der Waals surface area contributed by atoms with Gasteiger partial charge in [0.2, 0.25) is 0 Å². The summed E-state index contributed by atoms with van der Waals surface area (Å²) in [5.74, 6) is -1.49. The van der Waals surface area contributed by atoms with Gasteiger partial charge in [-0.15, -0.1) is 0 Å². The first-order chi connectivity index (χ1) is 14.0. The Hall–Kier alpha value is -3.94. The Bertz CT molecular complexity index is 1220. The van der Waals surface area contributed by atoms with Crippen LogP contribution in [0.15, 0.2) is 60.8 Å². The van der Waals surface area contributed by atoms with Gasteiger partial charge in [-0.1, -0.05) is 18.2 Å². The van der Waals surface area contributed by atoms with Crippen molar-refractivity contribution in [1.82, 2.24) is 15.0 Å². The maximum absolute atomic E-state index is 13.8. The van der Waals surface area contributed by atoms with E-state index in [0.29, 0.717) is 17.7 Å². The molecule has 29 heavy (non-hydrogen) atoms. The third kappa shape index (κ3) is 4.01. The number of nitrogens with zero attached hydrogens (tertiary/aromatic N) is 3. The van der Waals surface area contributed by atoms with Crippen LogP contribution in [0, 0.1) is 18.6 Å². The molecule has 8 heteroatoms. The fraction of sp³-hybridized carbons (Fsp3) is 0.0476. The van der Waals surface area contributed by atoms with Gasteiger partial charge in [0.25, 0.3) is 5.91 Å². The molecule has 2 heterocycles. The van der Waals surface area contributed by atoms with Gasteiger partial charge in [0, 0.05) is 23.7 Å². The van der Waals surface area contributed by atoms with Crippen molar-refractivity contribution in [2.24, 2.45) is 0 Å². The maximum Gasteiger partial charge on any atom is 0.274 e. The van der Waals surface area contributed by atoms with Crippen molar-refractivity contribution in [1.29, 1.82) is 0 Å². The van der Waals surface area contributed by atoms with Crippen LogP contribution < -0.4 is 10.6 Å². The summed E-state index contributed by atoms with van der Waals surface area (Å²) in [5.41, 5.74) is 1.38. The van der Waals surface area contributed by atoms with Gasteiger partial charge < -0.3 is 10.6 Å². The van der Waals surface area contributed by atoms with Gasteiger partial charge in [0.05, 0.1) is 16.9 Å². The molecule has 0 bridgehead atoms. The monoisotopic (exact) mass is 391 g/mol. The molecule has 0 saturated heterocycles. The van der Waals surface area contributed by atoms with Gasteiger partial charge in [-0.2, -0.15) is 0 Å². The number of pyridine rings is 1. The Balaban J connectivity index is 1.62. The van der Waals surface area contributed by atoms with E-state index in [1.54, 1.807) is 13.1 Å². The lowest BCUT2D eigenvalue weighted by atomic mass is 10.2. The molecular formula is C21H15F2N5O. The number of rotatable bonds is 4. The maximum atomic E-state index is 13.8. The van der Waals surface area contributed by atoms with E-state index in [-0.39, 0.29) is 11.4 Å². The zero-order valence-corrected chi connectivity index (χ0v) is 15.3. The van der Waals surface area contributed by atoms with E-state index in [9.17, 15) is 13.6 Å². The van der Waals surface area contributed by atoms with Crippen molar-refractivity contribution in [2.75, 3.05) is 10.6 Å². The second-order valence-electron chi connectivity index (χ2n) is 6.27. The summed E-state index contributed by atoms with van der Waals surface area (Å²) in [5, 5.41) is 6.49. The number of nitrogens with one attached hydrogen (secondary N) is 2. The number of para-hydroxylation sites is 1. The fourth-order valence-corrected chi connectivity index (χ4v) is 2.87. The van der Waals surface area contributed by atoms with Crippen molar-refractivity contribution in [3.63, 3.8) is 0 Å². The molecular weight excluding hydrogens is 376 g/mol. The first kappa shape index (κ1) is 18.4. The highest BCUT2D eigenvalue weighted by Crippen LogP contribution is 2.24. The van der Waals surface area contributed by atoms with Crippen LogP contribution in [0.5, 0.6) is 0 Å². The Morgan fingerprint density at radius 3 is 2.62 bits per heavy atom. The summed E-state index contributed by atoms with van der Waals surface area (Å²) >= 11 is 0. The lowest BCUT2D eigenvalue weighted by molar-refractivity contribution is 0.102. The molecule has 0 aliphatic heterocycles. The van der Waals surface area contributed by atoms with Crippen LogP contribution in [0.1, 0.15) is 16.3 Å². The van der Waals surface area contributed by atoms with E-state index in [0.717, 1.165) is 28.7 Å². The molecule has 0 atom stereocenters. The molecule has 4 aromatic rings. The molecule has 2 N–H and O–H groups in total. The van der Waals surface area contributed by atoms with Crippen molar-refractivity contribution < 1.29 is 13.6 Å². The van der Waals surface area contributed by atoms with E-state index in [1.807, 2.05) is 30.3 Å². The number of anilines is 3. The number of aryl methyl sites for hydroxylation is 1. The van der Waals surface area contributed by atoms with Gasteiger partial charge >= 0.3 is 0 Å². The summed E-state index contributed by atoms with van der Waals surface area (Å²) in [6, 6.07) is 13.8. The molecule has 4 rings (SSSR count). The topological polar surface area (TPSA) is 79.8 Å². The van der Waals surface area contributed by atoms with Crippen molar-refractivity contribution in [3.05, 3.63) is 83.9 Å². The number of hydrogen-bond donors (Lipinski definition) is 2. The number of amides is 1. The lowest BCUT2D eigenvalue weighted by Gasteiger charge is -2.11. The average molecular weight is 391 g/mol. The summed E-state index contributed by atoms with van der Waals surface area (Å²) in [6.07, 6.45) is 1.69. The van der Waals surface area contributed by atoms with Crippen LogP contribution in [0.2, 0.25) is 0 Å². The highest BCUT2D eigenvalue weighted by Gasteiger charge is 2.14. The molecule has 0 unspecified atom stereocenters. The highest BCUT2D eigenvalue weighted by molar-refractivity contribution is 6.03. The minimum atomic E-state index is -0.871. The van der Waals surface area contributed by atoms with E-state index < -0.39 is 17.5 Å². The van der Waals surface area contributed by atoms with Gasteiger partial charge in [-0.05, 0) is 31.2 Å². The number of fused-ring (bicyclic) bond motifs is 1. The SMILES string of the molecule is Cc1nc(Nc2cccc3cccnc23)cc(C(=O)Nc2ccc(F)cc2F)n1. The number of hydrogen-bond acceptors (Lipinski definition) is 5. The Morgan fingerprint density at radius 1 is 0.966 bits per heavy atom. The summed E-state index contributed by atoms with van der Waals surface area (Å²) in [6.45, 7) is 1.64. The van der Waals surface area contributed by atoms with Crippen molar-refractivity contribution >= 4 is 34.0 Å². The molecule has 0 spiro atoms. The molecule has 1 amide bonds. The van der Waals surface area contributed by atoms with Gasteiger partial charge in [0.1, 0.15) is 29.0 Å². The first-order valence-corrected chi connectivity index (χ1v) is 8.72.